The summed E-state index contributed by atoms with van der Waals surface area (Å²) in [4.78, 5) is 53.7. The maximum atomic E-state index is 11.3. The van der Waals surface area contributed by atoms with Crippen LogP contribution in [0.1, 0.15) is 0 Å². The van der Waals surface area contributed by atoms with Gasteiger partial charge in [-0.15, -0.1) is 0 Å². The molecule has 0 atom stereocenters. The first-order valence-electron chi connectivity index (χ1n) is 5.01. The van der Waals surface area contributed by atoms with Crippen molar-refractivity contribution in [2.24, 2.45) is 0 Å². The Labute approximate surface area is 106 Å². The monoisotopic (exact) mass is 262 g/mol. The second-order valence-corrected chi connectivity index (χ2v) is 3.51. The van der Waals surface area contributed by atoms with E-state index >= 15 is 0 Å². The third kappa shape index (κ3) is 2.49. The number of rotatable bonds is 3. The molecule has 7 nitrogen and oxygen atoms in total. The maximum absolute atomic E-state index is 11.3. The van der Waals surface area contributed by atoms with Gasteiger partial charge in [-0.3, -0.25) is 29.0 Å². The van der Waals surface area contributed by atoms with E-state index in [0.717, 1.165) is 30.4 Å². The zero-order chi connectivity index (χ0) is 14.0. The SMILES string of the molecule is O=C1C=CC(=O)C(OOC2=C(O)C(=O)C=CC2=O)=C1. The van der Waals surface area contributed by atoms with Gasteiger partial charge >= 0.3 is 0 Å². The molecule has 19 heavy (non-hydrogen) atoms. The van der Waals surface area contributed by atoms with Crippen molar-refractivity contribution in [3.8, 4) is 0 Å². The number of hydrogen-bond acceptors (Lipinski definition) is 7. The molecule has 0 aromatic rings. The Bertz CT molecular complexity index is 616. The molecule has 0 bridgehead atoms. The van der Waals surface area contributed by atoms with E-state index in [0.29, 0.717) is 0 Å². The molecule has 0 aromatic carbocycles. The zero-order valence-electron chi connectivity index (χ0n) is 9.28. The quantitative estimate of drug-likeness (QED) is 0.433. The minimum absolute atomic E-state index is 0.456. The minimum atomic E-state index is -0.932. The summed E-state index contributed by atoms with van der Waals surface area (Å²) >= 11 is 0. The van der Waals surface area contributed by atoms with Gasteiger partial charge in [-0.25, -0.2) is 0 Å². The van der Waals surface area contributed by atoms with Crippen molar-refractivity contribution >= 4 is 23.1 Å². The molecule has 0 unspecified atom stereocenters. The van der Waals surface area contributed by atoms with Gasteiger partial charge in [-0.05, 0) is 24.3 Å². The number of aliphatic hydroxyl groups is 1. The van der Waals surface area contributed by atoms with Crippen LogP contribution < -0.4 is 0 Å². The normalized spacial score (nSPS) is 18.8. The van der Waals surface area contributed by atoms with E-state index in [-0.39, 0.29) is 0 Å². The Morgan fingerprint density at radius 3 is 2.16 bits per heavy atom. The van der Waals surface area contributed by atoms with Crippen LogP contribution in [0.5, 0.6) is 0 Å². The van der Waals surface area contributed by atoms with Crippen LogP contribution in [0, 0.1) is 0 Å². The van der Waals surface area contributed by atoms with E-state index < -0.39 is 40.4 Å². The van der Waals surface area contributed by atoms with Crippen molar-refractivity contribution in [1.29, 1.82) is 0 Å². The second-order valence-electron chi connectivity index (χ2n) is 3.51. The fourth-order valence-corrected chi connectivity index (χ4v) is 1.26. The summed E-state index contributed by atoms with van der Waals surface area (Å²) in [5.74, 6) is -4.92. The van der Waals surface area contributed by atoms with Crippen LogP contribution in [0.4, 0.5) is 0 Å². The molecule has 0 saturated carbocycles. The van der Waals surface area contributed by atoms with Crippen molar-refractivity contribution in [2.45, 2.75) is 0 Å². The van der Waals surface area contributed by atoms with Gasteiger partial charge in [0.25, 0.3) is 5.76 Å². The van der Waals surface area contributed by atoms with Gasteiger partial charge in [0, 0.05) is 6.08 Å². The fraction of sp³-hybridized carbons (Fsp3) is 0. The maximum Gasteiger partial charge on any atom is 0.271 e. The van der Waals surface area contributed by atoms with E-state index in [1.165, 1.54) is 0 Å². The summed E-state index contributed by atoms with van der Waals surface area (Å²) < 4.78 is 0. The largest absolute Gasteiger partial charge is 0.501 e. The van der Waals surface area contributed by atoms with Crippen LogP contribution in [-0.2, 0) is 29.0 Å². The average molecular weight is 262 g/mol. The highest BCUT2D eigenvalue weighted by molar-refractivity contribution is 6.18. The molecule has 0 amide bonds. The van der Waals surface area contributed by atoms with Gasteiger partial charge in [0.1, 0.15) is 0 Å². The predicted octanol–water partition coefficient (Wildman–Crippen LogP) is 0.00410. The molecule has 0 heterocycles. The summed E-state index contributed by atoms with van der Waals surface area (Å²) in [5.41, 5.74) is 0. The third-order valence-electron chi connectivity index (χ3n) is 2.19. The summed E-state index contributed by atoms with van der Waals surface area (Å²) in [6, 6.07) is 0. The van der Waals surface area contributed by atoms with Gasteiger partial charge in [0.05, 0.1) is 0 Å². The van der Waals surface area contributed by atoms with Crippen LogP contribution in [-0.4, -0.2) is 28.2 Å². The standard InChI is InChI=1S/C12H6O7/c13-6-1-2-7(14)10(5-6)18-19-12-9(16)4-3-8(15)11(12)17/h1-5,17H. The van der Waals surface area contributed by atoms with Crippen LogP contribution in [0.3, 0.4) is 0 Å². The van der Waals surface area contributed by atoms with E-state index in [4.69, 9.17) is 0 Å². The molecule has 96 valence electrons. The number of allylic oxidation sites excluding steroid dienone is 5. The average Bonchev–Trinajstić information content (AvgIpc) is 2.38. The zero-order valence-corrected chi connectivity index (χ0v) is 9.28. The molecule has 0 radical (unpaired) electrons. The van der Waals surface area contributed by atoms with Crippen molar-refractivity contribution in [2.75, 3.05) is 0 Å². The van der Waals surface area contributed by atoms with E-state index in [9.17, 15) is 24.3 Å². The molecule has 2 aliphatic rings. The minimum Gasteiger partial charge on any atom is -0.501 e. The molecule has 1 N–H and O–H groups in total. The van der Waals surface area contributed by atoms with E-state index in [2.05, 4.69) is 9.78 Å². The van der Waals surface area contributed by atoms with Gasteiger partial charge in [-0.1, -0.05) is 0 Å². The first kappa shape index (κ1) is 12.5. The molecule has 2 aliphatic carbocycles. The fourth-order valence-electron chi connectivity index (χ4n) is 1.26. The van der Waals surface area contributed by atoms with Crippen LogP contribution >= 0.6 is 0 Å². The highest BCUT2D eigenvalue weighted by Gasteiger charge is 2.27. The van der Waals surface area contributed by atoms with E-state index in [1.54, 1.807) is 0 Å². The molecular weight excluding hydrogens is 256 g/mol. The smallest absolute Gasteiger partial charge is 0.271 e. The molecular formula is C12H6O7. The topological polar surface area (TPSA) is 107 Å². The predicted molar refractivity (Wildman–Crippen MR) is 58.2 cm³/mol. The Morgan fingerprint density at radius 2 is 1.42 bits per heavy atom. The number of ketones is 4. The lowest BCUT2D eigenvalue weighted by atomic mass is 10.1. The van der Waals surface area contributed by atoms with Crippen LogP contribution in [0.25, 0.3) is 0 Å². The summed E-state index contributed by atoms with van der Waals surface area (Å²) in [5, 5.41) is 9.32. The van der Waals surface area contributed by atoms with E-state index in [1.807, 2.05) is 0 Å². The molecule has 0 fully saturated rings. The Balaban J connectivity index is 2.13. The highest BCUT2D eigenvalue weighted by Crippen LogP contribution is 2.16. The van der Waals surface area contributed by atoms with Crippen molar-refractivity contribution in [1.82, 2.24) is 0 Å². The summed E-state index contributed by atoms with van der Waals surface area (Å²) in [7, 11) is 0. The lowest BCUT2D eigenvalue weighted by Gasteiger charge is -2.12. The third-order valence-corrected chi connectivity index (χ3v) is 2.19. The van der Waals surface area contributed by atoms with Gasteiger partial charge in [-0.2, -0.15) is 0 Å². The van der Waals surface area contributed by atoms with Gasteiger partial charge in [0.2, 0.25) is 28.9 Å². The summed E-state index contributed by atoms with van der Waals surface area (Å²) in [6.45, 7) is 0. The first-order valence-corrected chi connectivity index (χ1v) is 5.01. The van der Waals surface area contributed by atoms with Crippen LogP contribution in [0.2, 0.25) is 0 Å². The summed E-state index contributed by atoms with van der Waals surface area (Å²) in [6.07, 6.45) is 4.59. The second kappa shape index (κ2) is 4.73. The highest BCUT2D eigenvalue weighted by atomic mass is 17.2. The molecule has 0 spiro atoms. The van der Waals surface area contributed by atoms with Crippen molar-refractivity contribution in [3.05, 3.63) is 47.7 Å². The van der Waals surface area contributed by atoms with Crippen LogP contribution in [0.15, 0.2) is 47.7 Å². The lowest BCUT2D eigenvalue weighted by Crippen LogP contribution is -2.18. The number of aliphatic hydroxyl groups excluding tert-OH is 1. The number of carbonyl (C=O) groups is 4. The lowest BCUT2D eigenvalue weighted by molar-refractivity contribution is -0.227. The first-order chi connectivity index (χ1) is 8.99. The van der Waals surface area contributed by atoms with Crippen molar-refractivity contribution in [3.63, 3.8) is 0 Å². The Kier molecular flexibility index (Phi) is 3.11. The van der Waals surface area contributed by atoms with Crippen molar-refractivity contribution < 1.29 is 34.1 Å². The van der Waals surface area contributed by atoms with Gasteiger partial charge in [0.15, 0.2) is 5.78 Å². The Morgan fingerprint density at radius 1 is 0.789 bits per heavy atom. The molecule has 0 aliphatic heterocycles. The molecule has 0 aromatic heterocycles. The molecule has 7 heteroatoms. The number of carbonyl (C=O) groups excluding carboxylic acids is 4. The molecule has 0 saturated heterocycles. The van der Waals surface area contributed by atoms with Gasteiger partial charge < -0.3 is 5.11 Å². The number of hydrogen-bond donors (Lipinski definition) is 1. The Hall–Kier alpha value is -2.96. The molecule has 2 rings (SSSR count).